The Morgan fingerprint density at radius 3 is 2.77 bits per heavy atom. The van der Waals surface area contributed by atoms with Crippen molar-refractivity contribution in [1.82, 2.24) is 15.2 Å². The molecule has 1 aromatic heterocycles. The van der Waals surface area contributed by atoms with Crippen molar-refractivity contribution in [3.05, 3.63) is 54.0 Å². The fraction of sp³-hybridized carbons (Fsp3) is 0.400. The summed E-state index contributed by atoms with van der Waals surface area (Å²) >= 11 is 0. The summed E-state index contributed by atoms with van der Waals surface area (Å²) in [6.07, 6.45) is 6.01. The number of hydrogen-bond donors (Lipinski definition) is 1. The molecule has 0 aliphatic carbocycles. The zero-order chi connectivity index (χ0) is 18.4. The van der Waals surface area contributed by atoms with E-state index in [0.717, 1.165) is 31.4 Å². The molecule has 0 saturated carbocycles. The van der Waals surface area contributed by atoms with Crippen LogP contribution in [0.25, 0.3) is 0 Å². The molecule has 1 aliphatic rings. The van der Waals surface area contributed by atoms with Crippen molar-refractivity contribution >= 4 is 6.03 Å². The van der Waals surface area contributed by atoms with Crippen LogP contribution in [0.15, 0.2) is 42.6 Å². The summed E-state index contributed by atoms with van der Waals surface area (Å²) in [5, 5.41) is 2.97. The van der Waals surface area contributed by atoms with Crippen molar-refractivity contribution in [2.45, 2.75) is 45.2 Å². The molecule has 5 nitrogen and oxygen atoms in total. The van der Waals surface area contributed by atoms with Gasteiger partial charge in [-0.25, -0.2) is 14.2 Å². The molecule has 1 unspecified atom stereocenters. The van der Waals surface area contributed by atoms with Gasteiger partial charge in [-0.1, -0.05) is 13.0 Å². The molecular formula is C20H24FN3O2. The molecule has 1 aliphatic heterocycles. The summed E-state index contributed by atoms with van der Waals surface area (Å²) in [4.78, 5) is 18.6. The fourth-order valence-corrected chi connectivity index (χ4v) is 3.17. The standard InChI is InChI=1S/C20H24FN3O2/c1-2-17-5-3-4-12-24(17)20(25)23-14-15-6-11-19(22-13-15)26-18-9-7-16(21)8-10-18/h6-11,13,17H,2-5,12,14H2,1H3,(H,23,25). The number of amides is 2. The molecule has 2 amide bonds. The predicted octanol–water partition coefficient (Wildman–Crippen LogP) is 4.49. The average molecular weight is 357 g/mol. The third-order valence-electron chi connectivity index (χ3n) is 4.64. The molecule has 0 bridgehead atoms. The van der Waals surface area contributed by atoms with Gasteiger partial charge in [0, 0.05) is 31.4 Å². The third-order valence-corrected chi connectivity index (χ3v) is 4.64. The molecule has 2 aromatic rings. The molecule has 2 heterocycles. The number of rotatable bonds is 5. The Labute approximate surface area is 153 Å². The van der Waals surface area contributed by atoms with Gasteiger partial charge in [-0.05, 0) is 55.5 Å². The second kappa shape index (κ2) is 8.65. The summed E-state index contributed by atoms with van der Waals surface area (Å²) in [6.45, 7) is 3.38. The Morgan fingerprint density at radius 1 is 1.27 bits per heavy atom. The molecule has 1 saturated heterocycles. The maximum absolute atomic E-state index is 12.9. The lowest BCUT2D eigenvalue weighted by atomic mass is 10.0. The number of benzene rings is 1. The maximum Gasteiger partial charge on any atom is 0.317 e. The molecule has 1 aromatic carbocycles. The van der Waals surface area contributed by atoms with Gasteiger partial charge in [-0.2, -0.15) is 0 Å². The molecule has 1 fully saturated rings. The van der Waals surface area contributed by atoms with Crippen molar-refractivity contribution < 1.29 is 13.9 Å². The van der Waals surface area contributed by atoms with Crippen molar-refractivity contribution in [2.75, 3.05) is 6.54 Å². The van der Waals surface area contributed by atoms with E-state index in [-0.39, 0.29) is 11.8 Å². The van der Waals surface area contributed by atoms with Gasteiger partial charge in [0.15, 0.2) is 0 Å². The van der Waals surface area contributed by atoms with Gasteiger partial charge in [-0.3, -0.25) is 0 Å². The molecule has 6 heteroatoms. The van der Waals surface area contributed by atoms with Gasteiger partial charge in [0.2, 0.25) is 5.88 Å². The highest BCUT2D eigenvalue weighted by atomic mass is 19.1. The Balaban J connectivity index is 1.52. The first-order valence-corrected chi connectivity index (χ1v) is 9.08. The van der Waals surface area contributed by atoms with E-state index in [1.165, 1.54) is 18.6 Å². The van der Waals surface area contributed by atoms with E-state index < -0.39 is 0 Å². The largest absolute Gasteiger partial charge is 0.439 e. The minimum absolute atomic E-state index is 0.0109. The van der Waals surface area contributed by atoms with Crippen molar-refractivity contribution in [2.24, 2.45) is 0 Å². The molecule has 26 heavy (non-hydrogen) atoms. The number of hydrogen-bond acceptors (Lipinski definition) is 3. The first-order chi connectivity index (χ1) is 12.7. The SMILES string of the molecule is CCC1CCCCN1C(=O)NCc1ccc(Oc2ccc(F)cc2)nc1. The summed E-state index contributed by atoms with van der Waals surface area (Å²) in [5.41, 5.74) is 0.898. The van der Waals surface area contributed by atoms with Crippen LogP contribution in [0.5, 0.6) is 11.6 Å². The topological polar surface area (TPSA) is 54.5 Å². The number of pyridine rings is 1. The molecule has 0 spiro atoms. The predicted molar refractivity (Wildman–Crippen MR) is 97.6 cm³/mol. The smallest absolute Gasteiger partial charge is 0.317 e. The maximum atomic E-state index is 12.9. The number of aromatic nitrogens is 1. The lowest BCUT2D eigenvalue weighted by molar-refractivity contribution is 0.148. The minimum Gasteiger partial charge on any atom is -0.439 e. The van der Waals surface area contributed by atoms with Crippen LogP contribution in [0.1, 0.15) is 38.2 Å². The Morgan fingerprint density at radius 2 is 2.08 bits per heavy atom. The minimum atomic E-state index is -0.310. The second-order valence-electron chi connectivity index (χ2n) is 6.47. The van der Waals surface area contributed by atoms with Gasteiger partial charge < -0.3 is 15.0 Å². The number of carbonyl (C=O) groups is 1. The number of halogens is 1. The van der Waals surface area contributed by atoms with E-state index in [0.29, 0.717) is 24.2 Å². The summed E-state index contributed by atoms with van der Waals surface area (Å²) in [7, 11) is 0. The van der Waals surface area contributed by atoms with Crippen LogP contribution < -0.4 is 10.1 Å². The number of carbonyl (C=O) groups excluding carboxylic acids is 1. The number of nitrogens with one attached hydrogen (secondary N) is 1. The van der Waals surface area contributed by atoms with Crippen LogP contribution in [-0.4, -0.2) is 28.5 Å². The van der Waals surface area contributed by atoms with E-state index in [4.69, 9.17) is 4.74 Å². The number of piperidine rings is 1. The van der Waals surface area contributed by atoms with Crippen molar-refractivity contribution in [1.29, 1.82) is 0 Å². The van der Waals surface area contributed by atoms with Gasteiger partial charge in [-0.15, -0.1) is 0 Å². The molecule has 1 N–H and O–H groups in total. The van der Waals surface area contributed by atoms with Crippen LogP contribution in [0.2, 0.25) is 0 Å². The first-order valence-electron chi connectivity index (χ1n) is 9.08. The van der Waals surface area contributed by atoms with Gasteiger partial charge in [0.1, 0.15) is 11.6 Å². The highest BCUT2D eigenvalue weighted by Crippen LogP contribution is 2.21. The number of urea groups is 1. The lowest BCUT2D eigenvalue weighted by Crippen LogP contribution is -2.48. The highest BCUT2D eigenvalue weighted by molar-refractivity contribution is 5.74. The van der Waals surface area contributed by atoms with E-state index in [2.05, 4.69) is 17.2 Å². The molecule has 138 valence electrons. The Bertz CT molecular complexity index is 719. The zero-order valence-corrected chi connectivity index (χ0v) is 15.0. The monoisotopic (exact) mass is 357 g/mol. The van der Waals surface area contributed by atoms with Crippen LogP contribution in [-0.2, 0) is 6.54 Å². The Hall–Kier alpha value is -2.63. The van der Waals surface area contributed by atoms with E-state index in [9.17, 15) is 9.18 Å². The first kappa shape index (κ1) is 18.2. The quantitative estimate of drug-likeness (QED) is 0.858. The fourth-order valence-electron chi connectivity index (χ4n) is 3.17. The average Bonchev–Trinajstić information content (AvgIpc) is 2.69. The van der Waals surface area contributed by atoms with Crippen molar-refractivity contribution in [3.63, 3.8) is 0 Å². The van der Waals surface area contributed by atoms with E-state index in [1.807, 2.05) is 11.0 Å². The summed E-state index contributed by atoms with van der Waals surface area (Å²) in [5.74, 6) is 0.639. The molecule has 0 radical (unpaired) electrons. The van der Waals surface area contributed by atoms with E-state index in [1.54, 1.807) is 24.4 Å². The van der Waals surface area contributed by atoms with Crippen LogP contribution >= 0.6 is 0 Å². The second-order valence-corrected chi connectivity index (χ2v) is 6.47. The molecular weight excluding hydrogens is 333 g/mol. The van der Waals surface area contributed by atoms with Gasteiger partial charge in [0.05, 0.1) is 0 Å². The zero-order valence-electron chi connectivity index (χ0n) is 15.0. The van der Waals surface area contributed by atoms with Gasteiger partial charge in [0.25, 0.3) is 0 Å². The van der Waals surface area contributed by atoms with E-state index >= 15 is 0 Å². The number of likely N-dealkylation sites (tertiary alicyclic amines) is 1. The Kier molecular flexibility index (Phi) is 6.04. The number of nitrogens with zero attached hydrogens (tertiary/aromatic N) is 2. The summed E-state index contributed by atoms with van der Waals surface area (Å²) < 4.78 is 18.5. The van der Waals surface area contributed by atoms with Crippen LogP contribution in [0, 0.1) is 5.82 Å². The normalized spacial score (nSPS) is 17.0. The van der Waals surface area contributed by atoms with Crippen molar-refractivity contribution in [3.8, 4) is 11.6 Å². The van der Waals surface area contributed by atoms with Gasteiger partial charge >= 0.3 is 6.03 Å². The number of ether oxygens (including phenoxy) is 1. The highest BCUT2D eigenvalue weighted by Gasteiger charge is 2.24. The lowest BCUT2D eigenvalue weighted by Gasteiger charge is -2.35. The molecule has 3 rings (SSSR count). The third kappa shape index (κ3) is 4.71. The molecule has 1 atom stereocenters. The van der Waals surface area contributed by atoms with Crippen LogP contribution in [0.3, 0.4) is 0 Å². The summed E-state index contributed by atoms with van der Waals surface area (Å²) in [6, 6.07) is 9.70. The van der Waals surface area contributed by atoms with Crippen LogP contribution in [0.4, 0.5) is 9.18 Å².